The van der Waals surface area contributed by atoms with E-state index in [1.807, 2.05) is 47.8 Å². The zero-order valence-corrected chi connectivity index (χ0v) is 10.9. The second-order valence-corrected chi connectivity index (χ2v) is 5.24. The van der Waals surface area contributed by atoms with Crippen LogP contribution in [0, 0.1) is 0 Å². The Hall–Kier alpha value is -2.20. The van der Waals surface area contributed by atoms with Gasteiger partial charge in [0.2, 0.25) is 10.9 Å². The molecule has 0 amide bonds. The minimum absolute atomic E-state index is 0.403. The van der Waals surface area contributed by atoms with E-state index in [1.54, 1.807) is 11.3 Å². The van der Waals surface area contributed by atoms with Crippen LogP contribution >= 0.6 is 11.3 Å². The smallest absolute Gasteiger partial charge is 0.250 e. The monoisotopic (exact) mass is 269 g/mol. The maximum absolute atomic E-state index is 11.7. The molecule has 1 heterocycles. The van der Waals surface area contributed by atoms with Crippen molar-refractivity contribution in [1.82, 2.24) is 0 Å². The molecule has 0 radical (unpaired) electrons. The van der Waals surface area contributed by atoms with Crippen molar-refractivity contribution in [2.24, 2.45) is 0 Å². The van der Waals surface area contributed by atoms with E-state index in [-0.39, 0.29) is 0 Å². The third-order valence-electron chi connectivity index (χ3n) is 2.99. The molecule has 0 bridgehead atoms. The van der Waals surface area contributed by atoms with Crippen LogP contribution in [0.4, 0.5) is 5.69 Å². The highest BCUT2D eigenvalue weighted by molar-refractivity contribution is 7.09. The van der Waals surface area contributed by atoms with E-state index in [1.165, 1.54) is 0 Å². The van der Waals surface area contributed by atoms with Gasteiger partial charge in [-0.3, -0.25) is 9.59 Å². The van der Waals surface area contributed by atoms with Crippen LogP contribution in [-0.4, -0.2) is 0 Å². The molecule has 1 N–H and O–H groups in total. The molecule has 0 saturated carbocycles. The van der Waals surface area contributed by atoms with Gasteiger partial charge in [-0.25, -0.2) is 0 Å². The average molecular weight is 269 g/mol. The van der Waals surface area contributed by atoms with Crippen LogP contribution in [0.3, 0.4) is 0 Å². The SMILES string of the molecule is O=c1c(NCc2cccs2)c(-c2ccccc2)c1=O. The van der Waals surface area contributed by atoms with Crippen molar-refractivity contribution < 1.29 is 0 Å². The van der Waals surface area contributed by atoms with E-state index in [0.717, 1.165) is 10.4 Å². The summed E-state index contributed by atoms with van der Waals surface area (Å²) in [7, 11) is 0. The summed E-state index contributed by atoms with van der Waals surface area (Å²) >= 11 is 1.62. The van der Waals surface area contributed by atoms with Crippen LogP contribution in [0.5, 0.6) is 0 Å². The van der Waals surface area contributed by atoms with E-state index in [9.17, 15) is 9.59 Å². The van der Waals surface area contributed by atoms with Gasteiger partial charge in [-0.2, -0.15) is 0 Å². The Morgan fingerprint density at radius 1 is 0.947 bits per heavy atom. The molecule has 94 valence electrons. The Balaban J connectivity index is 1.89. The van der Waals surface area contributed by atoms with Crippen LogP contribution in [0.15, 0.2) is 57.4 Å². The highest BCUT2D eigenvalue weighted by Gasteiger charge is 2.21. The highest BCUT2D eigenvalue weighted by atomic mass is 32.1. The molecule has 2 aromatic carbocycles. The van der Waals surface area contributed by atoms with E-state index in [4.69, 9.17) is 0 Å². The predicted molar refractivity (Wildman–Crippen MR) is 78.4 cm³/mol. The number of hydrogen-bond donors (Lipinski definition) is 1. The summed E-state index contributed by atoms with van der Waals surface area (Å²) in [6.07, 6.45) is 0. The molecular weight excluding hydrogens is 258 g/mol. The van der Waals surface area contributed by atoms with Crippen LogP contribution in [-0.2, 0) is 6.54 Å². The van der Waals surface area contributed by atoms with Gasteiger partial charge in [0.15, 0.2) is 0 Å². The van der Waals surface area contributed by atoms with Crippen molar-refractivity contribution in [2.75, 3.05) is 5.32 Å². The van der Waals surface area contributed by atoms with Crippen LogP contribution in [0.1, 0.15) is 4.88 Å². The van der Waals surface area contributed by atoms with Crippen LogP contribution in [0.25, 0.3) is 11.1 Å². The number of anilines is 1. The van der Waals surface area contributed by atoms with Crippen molar-refractivity contribution in [3.63, 3.8) is 0 Å². The lowest BCUT2D eigenvalue weighted by Gasteiger charge is -2.12. The molecule has 0 unspecified atom stereocenters. The fourth-order valence-electron chi connectivity index (χ4n) is 2.03. The molecule has 19 heavy (non-hydrogen) atoms. The highest BCUT2D eigenvalue weighted by Crippen LogP contribution is 2.23. The quantitative estimate of drug-likeness (QED) is 0.741. The Morgan fingerprint density at radius 3 is 2.42 bits per heavy atom. The van der Waals surface area contributed by atoms with Crippen molar-refractivity contribution >= 4 is 17.0 Å². The standard InChI is InChI=1S/C15H11NO2S/c17-14-12(10-5-2-1-3-6-10)13(15(14)18)16-9-11-7-4-8-19-11/h1-8,16H,9H2. The normalized spacial score (nSPS) is 10.7. The minimum Gasteiger partial charge on any atom is -0.376 e. The zero-order chi connectivity index (χ0) is 13.2. The van der Waals surface area contributed by atoms with Crippen LogP contribution < -0.4 is 16.2 Å². The molecule has 4 heteroatoms. The molecule has 0 aliphatic carbocycles. The van der Waals surface area contributed by atoms with Gasteiger partial charge >= 0.3 is 0 Å². The summed E-state index contributed by atoms with van der Waals surface area (Å²) in [6, 6.07) is 13.2. The fraction of sp³-hybridized carbons (Fsp3) is 0.0667. The number of nitrogens with one attached hydrogen (secondary N) is 1. The number of rotatable bonds is 4. The molecule has 3 rings (SSSR count). The summed E-state index contributed by atoms with van der Waals surface area (Å²) in [5.41, 5.74) is 0.905. The summed E-state index contributed by atoms with van der Waals surface area (Å²) in [6.45, 7) is 0.572. The molecule has 0 fully saturated rings. The van der Waals surface area contributed by atoms with Gasteiger partial charge in [-0.1, -0.05) is 36.4 Å². The maximum atomic E-state index is 11.7. The van der Waals surface area contributed by atoms with Crippen molar-refractivity contribution in [3.8, 4) is 11.1 Å². The second-order valence-electron chi connectivity index (χ2n) is 4.21. The first-order valence-corrected chi connectivity index (χ1v) is 6.80. The first kappa shape index (κ1) is 11.9. The van der Waals surface area contributed by atoms with Crippen LogP contribution in [0.2, 0.25) is 0 Å². The van der Waals surface area contributed by atoms with Gasteiger partial charge in [0, 0.05) is 11.4 Å². The van der Waals surface area contributed by atoms with Crippen molar-refractivity contribution in [3.05, 3.63) is 73.2 Å². The maximum Gasteiger partial charge on any atom is 0.250 e. The number of hydrogen-bond acceptors (Lipinski definition) is 4. The Bertz CT molecular complexity index is 753. The summed E-state index contributed by atoms with van der Waals surface area (Å²) in [4.78, 5) is 24.5. The summed E-state index contributed by atoms with van der Waals surface area (Å²) in [5.74, 6) is 0. The lowest BCUT2D eigenvalue weighted by atomic mass is 9.98. The molecule has 3 aromatic rings. The van der Waals surface area contributed by atoms with Gasteiger partial charge in [0.1, 0.15) is 0 Å². The molecule has 0 aliphatic rings. The lowest BCUT2D eigenvalue weighted by molar-refractivity contribution is 1.17. The topological polar surface area (TPSA) is 46.2 Å². The Morgan fingerprint density at radius 2 is 1.74 bits per heavy atom. The van der Waals surface area contributed by atoms with Gasteiger partial charge in [0.25, 0.3) is 0 Å². The predicted octanol–water partition coefficient (Wildman–Crippen LogP) is 2.62. The van der Waals surface area contributed by atoms with E-state index >= 15 is 0 Å². The summed E-state index contributed by atoms with van der Waals surface area (Å²) < 4.78 is 0. The van der Waals surface area contributed by atoms with E-state index in [0.29, 0.717) is 17.8 Å². The van der Waals surface area contributed by atoms with Gasteiger partial charge in [-0.15, -0.1) is 11.3 Å². The van der Waals surface area contributed by atoms with Crippen molar-refractivity contribution in [1.29, 1.82) is 0 Å². The average Bonchev–Trinajstić information content (AvgIpc) is 2.96. The number of thiophene rings is 1. The third-order valence-corrected chi connectivity index (χ3v) is 3.87. The molecule has 0 atom stereocenters. The number of benzene rings is 1. The Kier molecular flexibility index (Phi) is 3.01. The third kappa shape index (κ3) is 2.11. The molecule has 0 saturated heterocycles. The molecule has 0 aliphatic heterocycles. The fourth-order valence-corrected chi connectivity index (χ4v) is 2.67. The van der Waals surface area contributed by atoms with E-state index in [2.05, 4.69) is 5.32 Å². The largest absolute Gasteiger partial charge is 0.376 e. The lowest BCUT2D eigenvalue weighted by Crippen LogP contribution is -2.36. The molecule has 0 spiro atoms. The first-order valence-electron chi connectivity index (χ1n) is 5.92. The van der Waals surface area contributed by atoms with Gasteiger partial charge in [-0.05, 0) is 17.0 Å². The van der Waals surface area contributed by atoms with Gasteiger partial charge in [0.05, 0.1) is 11.3 Å². The first-order chi connectivity index (χ1) is 9.27. The summed E-state index contributed by atoms with van der Waals surface area (Å²) in [5, 5.41) is 5.05. The second kappa shape index (κ2) is 4.82. The van der Waals surface area contributed by atoms with E-state index < -0.39 is 10.9 Å². The zero-order valence-electron chi connectivity index (χ0n) is 10.1. The molecule has 1 aromatic heterocycles. The Labute approximate surface area is 113 Å². The van der Waals surface area contributed by atoms with Gasteiger partial charge < -0.3 is 5.32 Å². The molecular formula is C15H11NO2S. The van der Waals surface area contributed by atoms with Crippen molar-refractivity contribution in [2.45, 2.75) is 6.54 Å². The minimum atomic E-state index is -0.421. The molecule has 3 nitrogen and oxygen atoms in total.